The van der Waals surface area contributed by atoms with Gasteiger partial charge in [-0.05, 0) is 36.2 Å². The first-order valence-electron chi connectivity index (χ1n) is 6.40. The van der Waals surface area contributed by atoms with Crippen LogP contribution in [0, 0.1) is 23.2 Å². The highest BCUT2D eigenvalue weighted by Crippen LogP contribution is 2.18. The molecule has 0 aliphatic heterocycles. The van der Waals surface area contributed by atoms with Crippen LogP contribution in [-0.4, -0.2) is 0 Å². The van der Waals surface area contributed by atoms with Crippen molar-refractivity contribution in [2.75, 3.05) is 0 Å². The average Bonchev–Trinajstić information content (AvgIpc) is 2.49. The second-order valence-corrected chi connectivity index (χ2v) is 4.33. The molecule has 0 unspecified atom stereocenters. The lowest BCUT2D eigenvalue weighted by molar-refractivity contribution is 0.830. The molecule has 0 radical (unpaired) electrons. The molecule has 0 N–H and O–H groups in total. The van der Waals surface area contributed by atoms with Crippen molar-refractivity contribution in [1.82, 2.24) is 0 Å². The van der Waals surface area contributed by atoms with Gasteiger partial charge in [0.1, 0.15) is 0 Å². The number of nitrogens with zero attached hydrogens (tertiary/aromatic N) is 1. The van der Waals surface area contributed by atoms with E-state index in [1.807, 2.05) is 30.3 Å². The monoisotopic (exact) mass is 245 g/mol. The van der Waals surface area contributed by atoms with Crippen LogP contribution in [0.15, 0.2) is 54.6 Å². The Morgan fingerprint density at radius 3 is 2.16 bits per heavy atom. The molecule has 0 saturated carbocycles. The normalized spacial score (nSPS) is 10.9. The summed E-state index contributed by atoms with van der Waals surface area (Å²) >= 11 is 0. The maximum Gasteiger partial charge on any atom is 0.0991 e. The first-order chi connectivity index (χ1) is 9.33. The van der Waals surface area contributed by atoms with Crippen LogP contribution in [0.1, 0.15) is 36.0 Å². The topological polar surface area (TPSA) is 23.8 Å². The number of benzene rings is 2. The molecule has 0 aromatic heterocycles. The smallest absolute Gasteiger partial charge is 0.0991 e. The van der Waals surface area contributed by atoms with E-state index in [0.717, 1.165) is 12.0 Å². The second kappa shape index (κ2) is 6.43. The van der Waals surface area contributed by atoms with Crippen LogP contribution in [-0.2, 0) is 0 Å². The number of hydrogen-bond donors (Lipinski definition) is 0. The highest BCUT2D eigenvalue weighted by Gasteiger charge is 2.04. The molecular weight excluding hydrogens is 230 g/mol. The third kappa shape index (κ3) is 3.47. The van der Waals surface area contributed by atoms with E-state index in [-0.39, 0.29) is 5.92 Å². The quantitative estimate of drug-likeness (QED) is 0.731. The van der Waals surface area contributed by atoms with Gasteiger partial charge in [-0.25, -0.2) is 0 Å². The van der Waals surface area contributed by atoms with E-state index >= 15 is 0 Å². The Bertz CT molecular complexity index is 621. The molecule has 92 valence electrons. The maximum atomic E-state index is 8.75. The molecule has 1 atom stereocenters. The molecular formula is C18H15N. The van der Waals surface area contributed by atoms with Gasteiger partial charge in [0.15, 0.2) is 0 Å². The number of hydrogen-bond acceptors (Lipinski definition) is 1. The van der Waals surface area contributed by atoms with Crippen molar-refractivity contribution in [2.45, 2.75) is 19.3 Å². The Labute approximate surface area is 114 Å². The average molecular weight is 245 g/mol. The van der Waals surface area contributed by atoms with E-state index in [2.05, 4.69) is 37.0 Å². The van der Waals surface area contributed by atoms with Crippen molar-refractivity contribution < 1.29 is 0 Å². The zero-order valence-electron chi connectivity index (χ0n) is 10.9. The predicted octanol–water partition coefficient (Wildman–Crippen LogP) is 4.10. The summed E-state index contributed by atoms with van der Waals surface area (Å²) in [4.78, 5) is 0. The van der Waals surface area contributed by atoms with Crippen LogP contribution in [0.25, 0.3) is 0 Å². The van der Waals surface area contributed by atoms with E-state index in [0.29, 0.717) is 5.56 Å². The highest BCUT2D eigenvalue weighted by atomic mass is 14.2. The summed E-state index contributed by atoms with van der Waals surface area (Å²) in [5.74, 6) is 6.75. The van der Waals surface area contributed by atoms with Gasteiger partial charge in [-0.3, -0.25) is 0 Å². The van der Waals surface area contributed by atoms with Crippen LogP contribution in [0.2, 0.25) is 0 Å². The van der Waals surface area contributed by atoms with Crippen molar-refractivity contribution >= 4 is 0 Å². The molecule has 0 amide bonds. The molecule has 0 aliphatic carbocycles. The molecule has 1 nitrogen and oxygen atoms in total. The van der Waals surface area contributed by atoms with E-state index < -0.39 is 0 Å². The molecule has 19 heavy (non-hydrogen) atoms. The summed E-state index contributed by atoms with van der Waals surface area (Å²) in [7, 11) is 0. The van der Waals surface area contributed by atoms with Gasteiger partial charge in [-0.15, -0.1) is 0 Å². The molecule has 2 rings (SSSR count). The Hall–Kier alpha value is -2.51. The summed E-state index contributed by atoms with van der Waals surface area (Å²) < 4.78 is 0. The fraction of sp³-hybridized carbons (Fsp3) is 0.167. The lowest BCUT2D eigenvalue weighted by Crippen LogP contribution is -1.93. The Balaban J connectivity index is 2.19. The summed E-state index contributed by atoms with van der Waals surface area (Å²) in [5, 5.41) is 8.75. The molecule has 2 aromatic carbocycles. The summed E-state index contributed by atoms with van der Waals surface area (Å²) in [6, 6.07) is 19.8. The molecule has 0 heterocycles. The van der Waals surface area contributed by atoms with Crippen LogP contribution < -0.4 is 0 Å². The molecule has 0 saturated heterocycles. The second-order valence-electron chi connectivity index (χ2n) is 4.33. The molecule has 0 aliphatic rings. The minimum atomic E-state index is 0.261. The first-order valence-corrected chi connectivity index (χ1v) is 6.40. The van der Waals surface area contributed by atoms with Crippen molar-refractivity contribution in [2.24, 2.45) is 0 Å². The standard InChI is InChI=1S/C18H15N/c1-2-17(18-6-4-3-5-7-18)13-12-15-8-10-16(14-19)11-9-15/h3-11,17H,2H2,1H3/t17-/m0/s1. The largest absolute Gasteiger partial charge is 0.192 e. The summed E-state index contributed by atoms with van der Waals surface area (Å²) in [5.41, 5.74) is 2.88. The fourth-order valence-corrected chi connectivity index (χ4v) is 1.90. The van der Waals surface area contributed by atoms with Gasteiger partial charge < -0.3 is 0 Å². The van der Waals surface area contributed by atoms with Crippen LogP contribution in [0.3, 0.4) is 0 Å². The van der Waals surface area contributed by atoms with Gasteiger partial charge in [0.25, 0.3) is 0 Å². The van der Waals surface area contributed by atoms with Crippen molar-refractivity contribution in [3.63, 3.8) is 0 Å². The van der Waals surface area contributed by atoms with Crippen LogP contribution in [0.5, 0.6) is 0 Å². The molecule has 2 aromatic rings. The zero-order valence-corrected chi connectivity index (χ0v) is 10.9. The predicted molar refractivity (Wildman–Crippen MR) is 77.5 cm³/mol. The lowest BCUT2D eigenvalue weighted by Gasteiger charge is -2.07. The fourth-order valence-electron chi connectivity index (χ4n) is 1.90. The van der Waals surface area contributed by atoms with Crippen LogP contribution >= 0.6 is 0 Å². The first kappa shape index (κ1) is 12.9. The minimum Gasteiger partial charge on any atom is -0.192 e. The van der Waals surface area contributed by atoms with Crippen LogP contribution in [0.4, 0.5) is 0 Å². The Morgan fingerprint density at radius 1 is 0.947 bits per heavy atom. The van der Waals surface area contributed by atoms with Crippen molar-refractivity contribution in [3.8, 4) is 17.9 Å². The minimum absolute atomic E-state index is 0.261. The zero-order chi connectivity index (χ0) is 13.5. The maximum absolute atomic E-state index is 8.75. The van der Waals surface area contributed by atoms with Gasteiger partial charge in [0.2, 0.25) is 0 Å². The van der Waals surface area contributed by atoms with Gasteiger partial charge in [0, 0.05) is 11.5 Å². The third-order valence-electron chi connectivity index (χ3n) is 3.01. The van der Waals surface area contributed by atoms with Crippen molar-refractivity contribution in [3.05, 3.63) is 71.3 Å². The number of nitriles is 1. The van der Waals surface area contributed by atoms with E-state index in [1.165, 1.54) is 5.56 Å². The molecule has 0 fully saturated rings. The van der Waals surface area contributed by atoms with Gasteiger partial charge in [-0.1, -0.05) is 49.1 Å². The van der Waals surface area contributed by atoms with E-state index in [1.54, 1.807) is 12.1 Å². The van der Waals surface area contributed by atoms with Gasteiger partial charge in [-0.2, -0.15) is 5.26 Å². The highest BCUT2D eigenvalue weighted by molar-refractivity contribution is 5.41. The van der Waals surface area contributed by atoms with E-state index in [4.69, 9.17) is 5.26 Å². The van der Waals surface area contributed by atoms with Gasteiger partial charge >= 0.3 is 0 Å². The lowest BCUT2D eigenvalue weighted by atomic mass is 9.97. The van der Waals surface area contributed by atoms with Crippen molar-refractivity contribution in [1.29, 1.82) is 5.26 Å². The Kier molecular flexibility index (Phi) is 4.38. The molecule has 0 spiro atoms. The summed E-state index contributed by atoms with van der Waals surface area (Å²) in [6.45, 7) is 2.14. The SMILES string of the molecule is CC[C@@H](C#Cc1ccc(C#N)cc1)c1ccccc1. The Morgan fingerprint density at radius 2 is 1.58 bits per heavy atom. The van der Waals surface area contributed by atoms with E-state index in [9.17, 15) is 0 Å². The number of rotatable bonds is 2. The molecule has 0 bridgehead atoms. The van der Waals surface area contributed by atoms with Gasteiger partial charge in [0.05, 0.1) is 11.6 Å². The molecule has 1 heteroatoms. The third-order valence-corrected chi connectivity index (χ3v) is 3.01. The summed E-state index contributed by atoms with van der Waals surface area (Å²) in [6.07, 6.45) is 0.993.